The van der Waals surface area contributed by atoms with Crippen molar-refractivity contribution in [3.63, 3.8) is 0 Å². The van der Waals surface area contributed by atoms with Gasteiger partial charge in [0.1, 0.15) is 11.7 Å². The van der Waals surface area contributed by atoms with Crippen molar-refractivity contribution in [2.75, 3.05) is 27.2 Å². The number of nitrogens with zero attached hydrogens (tertiary/aromatic N) is 4. The molecule has 0 aliphatic rings. The average molecular weight is 709 g/mol. The molecule has 0 radical (unpaired) electrons. The molecule has 2 N–H and O–H groups in total. The minimum Gasteiger partial charge on any atom is -0.417 e. The molecule has 10 heteroatoms. The van der Waals surface area contributed by atoms with E-state index in [9.17, 15) is 14.4 Å². The lowest BCUT2D eigenvalue weighted by Gasteiger charge is -2.21. The van der Waals surface area contributed by atoms with Crippen molar-refractivity contribution >= 4 is 23.4 Å². The number of rotatable bonds is 31. The molecule has 3 amide bonds. The maximum absolute atomic E-state index is 12.3. The lowest BCUT2D eigenvalue weighted by atomic mass is 10.1. The van der Waals surface area contributed by atoms with Crippen molar-refractivity contribution in [1.29, 1.82) is 0 Å². The Morgan fingerprint density at radius 2 is 1.29 bits per heavy atom. The fourth-order valence-electron chi connectivity index (χ4n) is 5.60. The number of amides is 3. The van der Waals surface area contributed by atoms with Gasteiger partial charge in [0.15, 0.2) is 0 Å². The fourth-order valence-corrected chi connectivity index (χ4v) is 5.60. The normalized spacial score (nSPS) is 12.0. The average Bonchev–Trinajstić information content (AvgIpc) is 3.59. The molecule has 1 heterocycles. The Morgan fingerprint density at radius 1 is 0.725 bits per heavy atom. The van der Waals surface area contributed by atoms with E-state index in [0.29, 0.717) is 12.1 Å². The molecule has 0 saturated carbocycles. The predicted molar refractivity (Wildman–Crippen MR) is 209 cm³/mol. The highest BCUT2D eigenvalue weighted by molar-refractivity contribution is 5.83. The van der Waals surface area contributed by atoms with Gasteiger partial charge < -0.3 is 24.9 Å². The monoisotopic (exact) mass is 709 g/mol. The van der Waals surface area contributed by atoms with Crippen molar-refractivity contribution in [1.82, 2.24) is 30.6 Å². The molecule has 1 aromatic heterocycles. The van der Waals surface area contributed by atoms with Crippen molar-refractivity contribution in [2.24, 2.45) is 0 Å². The zero-order valence-corrected chi connectivity index (χ0v) is 32.4. The molecule has 1 atom stereocenters. The third-order valence-electron chi connectivity index (χ3n) is 8.73. The van der Waals surface area contributed by atoms with E-state index in [2.05, 4.69) is 58.6 Å². The maximum atomic E-state index is 12.3. The molecule has 0 aromatic carbocycles. The van der Waals surface area contributed by atoms with Gasteiger partial charge in [0.25, 0.3) is 5.89 Å². The van der Waals surface area contributed by atoms with Crippen LogP contribution in [0.5, 0.6) is 0 Å². The van der Waals surface area contributed by atoms with Crippen LogP contribution in [-0.4, -0.2) is 64.9 Å². The van der Waals surface area contributed by atoms with Crippen LogP contribution in [0.4, 0.5) is 0 Å². The molecule has 1 rings (SSSR count). The summed E-state index contributed by atoms with van der Waals surface area (Å²) in [6.07, 6.45) is 28.9. The van der Waals surface area contributed by atoms with Gasteiger partial charge in [0, 0.05) is 53.2 Å². The molecule has 0 fully saturated rings. The Balaban J connectivity index is 2.48. The quantitative estimate of drug-likeness (QED) is 0.0584. The topological polar surface area (TPSA) is 121 Å². The van der Waals surface area contributed by atoms with Crippen LogP contribution in [0, 0.1) is 0 Å². The molecule has 0 saturated heterocycles. The summed E-state index contributed by atoms with van der Waals surface area (Å²) in [5.41, 5.74) is 1.69. The highest BCUT2D eigenvalue weighted by atomic mass is 16.4. The molecule has 1 unspecified atom stereocenters. The lowest BCUT2D eigenvalue weighted by molar-refractivity contribution is -0.130. The van der Waals surface area contributed by atoms with Gasteiger partial charge in [0.05, 0.1) is 0 Å². The summed E-state index contributed by atoms with van der Waals surface area (Å²) in [7, 11) is 3.99. The Morgan fingerprint density at radius 3 is 1.90 bits per heavy atom. The fraction of sp³-hybridized carbons (Fsp3) is 0.634. The highest BCUT2D eigenvalue weighted by Gasteiger charge is 2.19. The first kappa shape index (κ1) is 45.1. The SMILES string of the molecule is C=CCCCN(C)C(=C)CCCCCCCC/C=C/C(NC(C)=O)c1nnc(/C(=C\CCCCCCCC(=O)N(C)CCCC=C)NC(C)=O)o1. The highest BCUT2D eigenvalue weighted by Crippen LogP contribution is 2.20. The molecule has 51 heavy (non-hydrogen) atoms. The molecule has 0 bridgehead atoms. The second-order valence-corrected chi connectivity index (χ2v) is 13.5. The van der Waals surface area contributed by atoms with Gasteiger partial charge in [-0.2, -0.15) is 0 Å². The van der Waals surface area contributed by atoms with Crippen LogP contribution in [0.1, 0.15) is 154 Å². The number of aromatic nitrogens is 2. The molecular weight excluding hydrogens is 640 g/mol. The summed E-state index contributed by atoms with van der Waals surface area (Å²) < 4.78 is 5.96. The Hall–Kier alpha value is -3.95. The minimum atomic E-state index is -0.552. The van der Waals surface area contributed by atoms with Crippen LogP contribution in [-0.2, 0) is 14.4 Å². The second-order valence-electron chi connectivity index (χ2n) is 13.5. The van der Waals surface area contributed by atoms with E-state index in [-0.39, 0.29) is 29.5 Å². The van der Waals surface area contributed by atoms with E-state index >= 15 is 0 Å². The Bertz CT molecular complexity index is 1240. The van der Waals surface area contributed by atoms with Gasteiger partial charge in [-0.15, -0.1) is 23.4 Å². The van der Waals surface area contributed by atoms with Crippen molar-refractivity contribution in [2.45, 2.75) is 142 Å². The van der Waals surface area contributed by atoms with Gasteiger partial charge in [-0.3, -0.25) is 14.4 Å². The van der Waals surface area contributed by atoms with E-state index in [1.165, 1.54) is 45.2 Å². The van der Waals surface area contributed by atoms with Crippen LogP contribution in [0.3, 0.4) is 0 Å². The largest absolute Gasteiger partial charge is 0.417 e. The molecule has 0 aliphatic carbocycles. The number of hydrogen-bond donors (Lipinski definition) is 2. The van der Waals surface area contributed by atoms with Gasteiger partial charge in [-0.25, -0.2) is 0 Å². The third-order valence-corrected chi connectivity index (χ3v) is 8.73. The number of nitrogens with one attached hydrogen (secondary N) is 2. The molecule has 1 aromatic rings. The van der Waals surface area contributed by atoms with Crippen molar-refractivity contribution in [3.8, 4) is 0 Å². The summed E-state index contributed by atoms with van der Waals surface area (Å²) in [4.78, 5) is 40.2. The molecule has 10 nitrogen and oxygen atoms in total. The molecule has 0 spiro atoms. The zero-order chi connectivity index (χ0) is 37.7. The number of unbranched alkanes of at least 4 members (excludes halogenated alkanes) is 13. The van der Waals surface area contributed by atoms with E-state index in [1.807, 2.05) is 36.3 Å². The van der Waals surface area contributed by atoms with Crippen molar-refractivity contribution in [3.05, 3.63) is 67.6 Å². The van der Waals surface area contributed by atoms with E-state index in [0.717, 1.165) is 103 Å². The van der Waals surface area contributed by atoms with Gasteiger partial charge >= 0.3 is 0 Å². The second kappa shape index (κ2) is 28.7. The van der Waals surface area contributed by atoms with Crippen LogP contribution in [0.25, 0.3) is 5.70 Å². The number of hydrogen-bond acceptors (Lipinski definition) is 7. The first-order valence-electron chi connectivity index (χ1n) is 19.2. The van der Waals surface area contributed by atoms with E-state index < -0.39 is 6.04 Å². The van der Waals surface area contributed by atoms with Crippen molar-refractivity contribution < 1.29 is 18.8 Å². The number of allylic oxidation sites excluding steroid dienone is 5. The molecular formula is C41H68N6O4. The van der Waals surface area contributed by atoms with Gasteiger partial charge in [0.2, 0.25) is 23.6 Å². The van der Waals surface area contributed by atoms with Crippen LogP contribution >= 0.6 is 0 Å². The maximum Gasteiger partial charge on any atom is 0.263 e. The van der Waals surface area contributed by atoms with E-state index in [4.69, 9.17) is 4.42 Å². The first-order chi connectivity index (χ1) is 24.6. The van der Waals surface area contributed by atoms with Gasteiger partial charge in [-0.05, 0) is 70.6 Å². The van der Waals surface area contributed by atoms with E-state index in [1.54, 1.807) is 0 Å². The summed E-state index contributed by atoms with van der Waals surface area (Å²) in [6.45, 7) is 16.5. The zero-order valence-electron chi connectivity index (χ0n) is 32.4. The van der Waals surface area contributed by atoms with Crippen LogP contribution < -0.4 is 10.6 Å². The van der Waals surface area contributed by atoms with Crippen LogP contribution in [0.15, 0.2) is 60.2 Å². The standard InChI is InChI=1S/C41H68N6O4/c1-8-10-26-32-46(6)34(3)28-22-18-14-12-13-15-19-23-29-37(42-35(4)48)40-44-45-41(51-40)38(43-36(5)49)30-24-20-16-17-21-25-31-39(50)47(7)33-27-11-9-2/h8-9,23,29-30,37H,1-3,10-22,24-28,31-33H2,4-7H3,(H,42,48)(H,43,49)/b29-23+,38-30+. The lowest BCUT2D eigenvalue weighted by Crippen LogP contribution is -2.27. The minimum absolute atomic E-state index is 0.200. The smallest absolute Gasteiger partial charge is 0.263 e. The van der Waals surface area contributed by atoms with Gasteiger partial charge in [-0.1, -0.05) is 81.9 Å². The summed E-state index contributed by atoms with van der Waals surface area (Å²) in [5, 5.41) is 14.1. The first-order valence-corrected chi connectivity index (χ1v) is 19.2. The van der Waals surface area contributed by atoms with Crippen LogP contribution in [0.2, 0.25) is 0 Å². The molecule has 286 valence electrons. The summed E-state index contributed by atoms with van der Waals surface area (Å²) in [6, 6.07) is -0.552. The Kier molecular flexibility index (Phi) is 25.4. The predicted octanol–water partition coefficient (Wildman–Crippen LogP) is 8.97. The molecule has 0 aliphatic heterocycles. The third kappa shape index (κ3) is 22.5. The number of carbonyl (C=O) groups is 3. The summed E-state index contributed by atoms with van der Waals surface area (Å²) >= 11 is 0. The Labute approximate surface area is 309 Å². The summed E-state index contributed by atoms with van der Waals surface area (Å²) in [5.74, 6) is 0.245. The number of carbonyl (C=O) groups excluding carboxylic acids is 3.